The third-order valence-electron chi connectivity index (χ3n) is 9.19. The Morgan fingerprint density at radius 2 is 1.88 bits per heavy atom. The Bertz CT molecular complexity index is 1680. The Kier molecular flexibility index (Phi) is 7.12. The number of piperidine rings is 1. The van der Waals surface area contributed by atoms with Crippen molar-refractivity contribution < 1.29 is 19.4 Å². The molecule has 2 aliphatic heterocycles. The van der Waals surface area contributed by atoms with Gasteiger partial charge in [0.1, 0.15) is 18.7 Å². The standard InChI is InChI=1S/C32H34N6O4S/c1-19-3-8-27(25(11-19)26-17-43-32(34-26)38-13-22-5-6-23(14-38)29(22)31(40)41)42-16-24-7-4-21(12-20(24)2)30(39)36-9-10-37-18-33-35-28(37)15-36/h3-4,7-8,11-12,17-18,22-23,29H,5-6,9-10,13-16H2,1-2H3,(H,40,41)/t22-,23+,29?. The van der Waals surface area contributed by atoms with Gasteiger partial charge in [0.2, 0.25) is 0 Å². The van der Waals surface area contributed by atoms with E-state index < -0.39 is 5.97 Å². The lowest BCUT2D eigenvalue weighted by Crippen LogP contribution is -2.44. The van der Waals surface area contributed by atoms with E-state index in [4.69, 9.17) is 9.72 Å². The van der Waals surface area contributed by atoms with Gasteiger partial charge in [-0.1, -0.05) is 17.7 Å². The van der Waals surface area contributed by atoms with E-state index in [1.165, 1.54) is 0 Å². The molecule has 1 amide bonds. The minimum atomic E-state index is -0.654. The zero-order valence-electron chi connectivity index (χ0n) is 24.3. The zero-order chi connectivity index (χ0) is 29.7. The maximum Gasteiger partial charge on any atom is 0.307 e. The van der Waals surface area contributed by atoms with Gasteiger partial charge in [-0.05, 0) is 73.9 Å². The molecule has 222 valence electrons. The van der Waals surface area contributed by atoms with Gasteiger partial charge in [-0.2, -0.15) is 0 Å². The van der Waals surface area contributed by atoms with Gasteiger partial charge in [0.05, 0.1) is 18.2 Å². The Morgan fingerprint density at radius 1 is 1.07 bits per heavy atom. The summed E-state index contributed by atoms with van der Waals surface area (Å²) >= 11 is 1.60. The van der Waals surface area contributed by atoms with Crippen LogP contribution in [-0.2, 0) is 24.5 Å². The number of fused-ring (bicyclic) bond motifs is 3. The van der Waals surface area contributed by atoms with Crippen LogP contribution >= 0.6 is 11.3 Å². The summed E-state index contributed by atoms with van der Waals surface area (Å²) in [6.45, 7) is 7.70. The van der Waals surface area contributed by atoms with Crippen LogP contribution in [0.4, 0.5) is 5.13 Å². The molecule has 3 aliphatic rings. The first-order chi connectivity index (χ1) is 20.8. The number of carboxylic acids is 1. The molecule has 2 aromatic heterocycles. The first-order valence-electron chi connectivity index (χ1n) is 14.8. The number of aromatic nitrogens is 4. The monoisotopic (exact) mass is 598 g/mol. The topological polar surface area (TPSA) is 114 Å². The van der Waals surface area contributed by atoms with Crippen LogP contribution in [0.25, 0.3) is 11.3 Å². The summed E-state index contributed by atoms with van der Waals surface area (Å²) in [5.74, 6) is 1.04. The van der Waals surface area contributed by atoms with Gasteiger partial charge in [-0.3, -0.25) is 9.59 Å². The van der Waals surface area contributed by atoms with Crippen molar-refractivity contribution in [3.05, 3.63) is 76.2 Å². The van der Waals surface area contributed by atoms with Crippen molar-refractivity contribution in [3.8, 4) is 17.0 Å². The minimum Gasteiger partial charge on any atom is -0.488 e. The molecule has 2 aromatic carbocycles. The SMILES string of the molecule is Cc1ccc(OCc2ccc(C(=O)N3CCn4cnnc4C3)cc2C)c(-c2csc(N3C[C@H]4CC[C@@H](C3)C4C(=O)O)n2)c1. The van der Waals surface area contributed by atoms with Crippen LogP contribution in [0.5, 0.6) is 5.75 Å². The molecule has 0 radical (unpaired) electrons. The number of nitrogens with zero attached hydrogens (tertiary/aromatic N) is 6. The van der Waals surface area contributed by atoms with Crippen molar-refractivity contribution in [3.63, 3.8) is 0 Å². The lowest BCUT2D eigenvalue weighted by molar-refractivity contribution is -0.144. The highest BCUT2D eigenvalue weighted by atomic mass is 32.1. The first kappa shape index (κ1) is 27.6. The lowest BCUT2D eigenvalue weighted by atomic mass is 9.85. The molecule has 1 unspecified atom stereocenters. The predicted octanol–water partition coefficient (Wildman–Crippen LogP) is 4.80. The van der Waals surface area contributed by atoms with Crippen LogP contribution in [0, 0.1) is 31.6 Å². The number of carbonyl (C=O) groups excluding carboxylic acids is 1. The molecule has 4 aromatic rings. The number of aryl methyl sites for hydroxylation is 2. The third-order valence-corrected chi connectivity index (χ3v) is 10.1. The normalized spacial score (nSPS) is 21.1. The number of aliphatic carboxylic acids is 1. The molecular formula is C32H34N6O4S. The Hall–Kier alpha value is -4.25. The van der Waals surface area contributed by atoms with Gasteiger partial charge in [-0.15, -0.1) is 21.5 Å². The highest BCUT2D eigenvalue weighted by Gasteiger charge is 2.46. The van der Waals surface area contributed by atoms with E-state index in [0.717, 1.165) is 70.6 Å². The third kappa shape index (κ3) is 5.26. The maximum atomic E-state index is 13.2. The van der Waals surface area contributed by atoms with E-state index in [0.29, 0.717) is 31.8 Å². The van der Waals surface area contributed by atoms with Crippen molar-refractivity contribution >= 4 is 28.3 Å². The van der Waals surface area contributed by atoms with E-state index >= 15 is 0 Å². The second kappa shape index (κ2) is 11.1. The Labute approximate surface area is 253 Å². The molecule has 1 saturated carbocycles. The smallest absolute Gasteiger partial charge is 0.307 e. The second-order valence-electron chi connectivity index (χ2n) is 12.0. The summed E-state index contributed by atoms with van der Waals surface area (Å²) in [6.07, 6.45) is 3.66. The molecule has 4 heterocycles. The average molecular weight is 599 g/mol. The predicted molar refractivity (Wildman–Crippen MR) is 162 cm³/mol. The summed E-state index contributed by atoms with van der Waals surface area (Å²) < 4.78 is 8.35. The van der Waals surface area contributed by atoms with Gasteiger partial charge >= 0.3 is 5.97 Å². The van der Waals surface area contributed by atoms with Gasteiger partial charge in [0.25, 0.3) is 5.91 Å². The number of rotatable bonds is 7. The summed E-state index contributed by atoms with van der Waals surface area (Å²) in [5, 5.41) is 20.8. The van der Waals surface area contributed by atoms with Gasteiger partial charge in [-0.25, -0.2) is 4.98 Å². The van der Waals surface area contributed by atoms with Crippen LogP contribution in [0.15, 0.2) is 48.1 Å². The summed E-state index contributed by atoms with van der Waals surface area (Å²) in [7, 11) is 0. The van der Waals surface area contributed by atoms with E-state index in [-0.39, 0.29) is 23.7 Å². The summed E-state index contributed by atoms with van der Waals surface area (Å²) in [6, 6.07) is 11.9. The molecule has 2 bridgehead atoms. The minimum absolute atomic E-state index is 0.00910. The number of carboxylic acid groups (broad SMARTS) is 1. The number of hydrogen-bond donors (Lipinski definition) is 1. The van der Waals surface area contributed by atoms with Crippen LogP contribution < -0.4 is 9.64 Å². The quantitative estimate of drug-likeness (QED) is 0.323. The molecule has 2 fully saturated rings. The Balaban J connectivity index is 1.04. The second-order valence-corrected chi connectivity index (χ2v) is 12.8. The number of carbonyl (C=O) groups is 2. The fourth-order valence-corrected chi connectivity index (χ4v) is 7.70. The van der Waals surface area contributed by atoms with Crippen molar-refractivity contribution in [2.75, 3.05) is 24.5 Å². The van der Waals surface area contributed by atoms with Crippen LogP contribution in [-0.4, -0.2) is 61.3 Å². The molecule has 7 rings (SSSR count). The van der Waals surface area contributed by atoms with E-state index in [2.05, 4.69) is 33.5 Å². The van der Waals surface area contributed by atoms with Crippen molar-refractivity contribution in [1.82, 2.24) is 24.6 Å². The highest BCUT2D eigenvalue weighted by molar-refractivity contribution is 7.14. The summed E-state index contributed by atoms with van der Waals surface area (Å²) in [4.78, 5) is 34.1. The molecule has 10 nitrogen and oxygen atoms in total. The van der Waals surface area contributed by atoms with Crippen LogP contribution in [0.3, 0.4) is 0 Å². The average Bonchev–Trinajstić information content (AvgIpc) is 3.74. The fourth-order valence-electron chi connectivity index (χ4n) is 6.85. The number of thiazole rings is 1. The first-order valence-corrected chi connectivity index (χ1v) is 15.6. The number of ether oxygens (including phenoxy) is 1. The van der Waals surface area contributed by atoms with Crippen molar-refractivity contribution in [2.24, 2.45) is 17.8 Å². The molecule has 11 heteroatoms. The Morgan fingerprint density at radius 3 is 2.65 bits per heavy atom. The maximum absolute atomic E-state index is 13.2. The fraction of sp³-hybridized carbons (Fsp3) is 0.406. The molecule has 1 saturated heterocycles. The highest BCUT2D eigenvalue weighted by Crippen LogP contribution is 2.44. The molecular weight excluding hydrogens is 564 g/mol. The molecule has 0 spiro atoms. The molecule has 1 N–H and O–H groups in total. The van der Waals surface area contributed by atoms with E-state index in [1.54, 1.807) is 17.7 Å². The van der Waals surface area contributed by atoms with Crippen molar-refractivity contribution in [2.45, 2.75) is 46.4 Å². The van der Waals surface area contributed by atoms with Crippen LogP contribution in [0.1, 0.15) is 45.7 Å². The number of hydrogen-bond acceptors (Lipinski definition) is 8. The molecule has 1 aliphatic carbocycles. The van der Waals surface area contributed by atoms with Crippen LogP contribution in [0.2, 0.25) is 0 Å². The van der Waals surface area contributed by atoms with Gasteiger partial charge in [0, 0.05) is 42.7 Å². The van der Waals surface area contributed by atoms with Crippen molar-refractivity contribution in [1.29, 1.82) is 0 Å². The number of benzene rings is 2. The van der Waals surface area contributed by atoms with E-state index in [1.807, 2.05) is 46.7 Å². The number of amides is 1. The van der Waals surface area contributed by atoms with Gasteiger partial charge < -0.3 is 24.2 Å². The van der Waals surface area contributed by atoms with E-state index in [9.17, 15) is 14.7 Å². The number of anilines is 1. The lowest BCUT2D eigenvalue weighted by Gasteiger charge is -2.35. The largest absolute Gasteiger partial charge is 0.488 e. The van der Waals surface area contributed by atoms with Gasteiger partial charge in [0.15, 0.2) is 11.0 Å². The molecule has 43 heavy (non-hydrogen) atoms. The summed E-state index contributed by atoms with van der Waals surface area (Å²) in [5.41, 5.74) is 5.58. The molecule has 3 atom stereocenters. The zero-order valence-corrected chi connectivity index (χ0v) is 25.1.